The first-order chi connectivity index (χ1) is 8.38. The van der Waals surface area contributed by atoms with Crippen molar-refractivity contribution in [2.75, 3.05) is 13.1 Å². The number of nitrogens with zero attached hydrogens (tertiary/aromatic N) is 4. The van der Waals surface area contributed by atoms with Gasteiger partial charge >= 0.3 is 6.18 Å². The summed E-state index contributed by atoms with van der Waals surface area (Å²) in [5.41, 5.74) is 0. The van der Waals surface area contributed by atoms with Gasteiger partial charge in [0.05, 0.1) is 12.5 Å². The first-order valence-corrected chi connectivity index (χ1v) is 6.02. The van der Waals surface area contributed by atoms with Crippen molar-refractivity contribution >= 4 is 0 Å². The Morgan fingerprint density at radius 1 is 1.22 bits per heavy atom. The Balaban J connectivity index is 1.89. The lowest BCUT2D eigenvalue weighted by Crippen LogP contribution is -2.39. The molecule has 0 N–H and O–H groups in total. The van der Waals surface area contributed by atoms with E-state index in [1.165, 1.54) is 0 Å². The maximum atomic E-state index is 12.5. The third kappa shape index (κ3) is 2.82. The highest BCUT2D eigenvalue weighted by molar-refractivity contribution is 4.93. The summed E-state index contributed by atoms with van der Waals surface area (Å²) < 4.78 is 39.4. The van der Waals surface area contributed by atoms with Crippen LogP contribution in [0.25, 0.3) is 0 Å². The second-order valence-corrected chi connectivity index (χ2v) is 4.81. The molecule has 0 bridgehead atoms. The number of aryl methyl sites for hydroxylation is 1. The van der Waals surface area contributed by atoms with Crippen LogP contribution < -0.4 is 0 Å². The Morgan fingerprint density at radius 2 is 1.83 bits per heavy atom. The lowest BCUT2D eigenvalue weighted by Gasteiger charge is -2.32. The molecule has 0 aromatic carbocycles. The second kappa shape index (κ2) is 4.87. The van der Waals surface area contributed by atoms with Gasteiger partial charge in [-0.2, -0.15) is 13.2 Å². The van der Waals surface area contributed by atoms with Crippen LogP contribution in [0, 0.1) is 12.8 Å². The number of aromatic nitrogens is 3. The van der Waals surface area contributed by atoms with Gasteiger partial charge in [0, 0.05) is 7.05 Å². The highest BCUT2D eigenvalue weighted by Crippen LogP contribution is 2.34. The number of likely N-dealkylation sites (tertiary alicyclic amines) is 1. The van der Waals surface area contributed by atoms with Crippen LogP contribution >= 0.6 is 0 Å². The summed E-state index contributed by atoms with van der Waals surface area (Å²) in [6.45, 7) is 3.36. The Labute approximate surface area is 104 Å². The van der Waals surface area contributed by atoms with Crippen molar-refractivity contribution in [3.05, 3.63) is 11.6 Å². The molecule has 1 fully saturated rings. The molecule has 2 heterocycles. The summed E-state index contributed by atoms with van der Waals surface area (Å²) in [4.78, 5) is 2.01. The fourth-order valence-corrected chi connectivity index (χ4v) is 2.21. The summed E-state index contributed by atoms with van der Waals surface area (Å²) in [6, 6.07) is 0. The summed E-state index contributed by atoms with van der Waals surface area (Å²) in [7, 11) is 1.87. The Kier molecular flexibility index (Phi) is 3.61. The van der Waals surface area contributed by atoms with Crippen molar-refractivity contribution in [1.29, 1.82) is 0 Å². The topological polar surface area (TPSA) is 34.0 Å². The number of piperidine rings is 1. The molecule has 102 valence electrons. The van der Waals surface area contributed by atoms with E-state index in [-0.39, 0.29) is 12.8 Å². The summed E-state index contributed by atoms with van der Waals surface area (Å²) in [6.07, 6.45) is -3.69. The Bertz CT molecular complexity index is 405. The number of hydrogen-bond donors (Lipinski definition) is 0. The molecule has 1 saturated heterocycles. The van der Waals surface area contributed by atoms with Crippen molar-refractivity contribution < 1.29 is 13.2 Å². The van der Waals surface area contributed by atoms with Crippen LogP contribution in [-0.2, 0) is 13.6 Å². The van der Waals surface area contributed by atoms with E-state index in [0.717, 1.165) is 11.6 Å². The van der Waals surface area contributed by atoms with Gasteiger partial charge in [0.25, 0.3) is 0 Å². The zero-order chi connectivity index (χ0) is 13.3. The summed E-state index contributed by atoms with van der Waals surface area (Å²) >= 11 is 0. The van der Waals surface area contributed by atoms with Crippen LogP contribution in [0.15, 0.2) is 0 Å². The quantitative estimate of drug-likeness (QED) is 0.816. The zero-order valence-corrected chi connectivity index (χ0v) is 10.5. The van der Waals surface area contributed by atoms with Gasteiger partial charge < -0.3 is 4.57 Å². The van der Waals surface area contributed by atoms with Gasteiger partial charge in [0.15, 0.2) is 0 Å². The minimum absolute atomic E-state index is 0.181. The predicted molar refractivity (Wildman–Crippen MR) is 59.8 cm³/mol. The molecular formula is C11H17F3N4. The van der Waals surface area contributed by atoms with Crippen molar-refractivity contribution in [2.45, 2.75) is 32.5 Å². The Hall–Kier alpha value is -1.11. The molecule has 0 amide bonds. The molecule has 0 aliphatic carbocycles. The van der Waals surface area contributed by atoms with Gasteiger partial charge in [0.2, 0.25) is 0 Å². The molecule has 4 nitrogen and oxygen atoms in total. The van der Waals surface area contributed by atoms with E-state index in [0.29, 0.717) is 19.6 Å². The van der Waals surface area contributed by atoms with E-state index in [4.69, 9.17) is 0 Å². The lowest BCUT2D eigenvalue weighted by molar-refractivity contribution is -0.185. The van der Waals surface area contributed by atoms with Gasteiger partial charge in [-0.05, 0) is 32.9 Å². The summed E-state index contributed by atoms with van der Waals surface area (Å²) in [5.74, 6) is 0.475. The molecule has 1 aliphatic heterocycles. The normalized spacial score (nSPS) is 19.4. The number of hydrogen-bond acceptors (Lipinski definition) is 3. The Morgan fingerprint density at radius 3 is 2.28 bits per heavy atom. The minimum atomic E-state index is -4.05. The molecule has 1 aromatic heterocycles. The molecule has 7 heteroatoms. The van der Waals surface area contributed by atoms with Crippen molar-refractivity contribution in [3.63, 3.8) is 0 Å². The van der Waals surface area contributed by atoms with Crippen LogP contribution in [0.5, 0.6) is 0 Å². The van der Waals surface area contributed by atoms with E-state index in [1.54, 1.807) is 0 Å². The molecule has 0 atom stereocenters. The third-order valence-electron chi connectivity index (χ3n) is 3.60. The maximum absolute atomic E-state index is 12.5. The van der Waals surface area contributed by atoms with Gasteiger partial charge in [-0.3, -0.25) is 4.90 Å². The first kappa shape index (κ1) is 13.3. The molecule has 1 aliphatic rings. The van der Waals surface area contributed by atoms with Crippen LogP contribution in [0.3, 0.4) is 0 Å². The number of alkyl halides is 3. The molecule has 0 radical (unpaired) electrons. The van der Waals surface area contributed by atoms with E-state index >= 15 is 0 Å². The van der Waals surface area contributed by atoms with E-state index in [2.05, 4.69) is 10.2 Å². The van der Waals surface area contributed by atoms with Crippen LogP contribution in [0.1, 0.15) is 24.5 Å². The van der Waals surface area contributed by atoms with Crippen LogP contribution in [-0.4, -0.2) is 38.9 Å². The lowest BCUT2D eigenvalue weighted by atomic mass is 9.96. The fourth-order valence-electron chi connectivity index (χ4n) is 2.21. The monoisotopic (exact) mass is 262 g/mol. The third-order valence-corrected chi connectivity index (χ3v) is 3.60. The second-order valence-electron chi connectivity index (χ2n) is 4.81. The average molecular weight is 262 g/mol. The highest BCUT2D eigenvalue weighted by Gasteiger charge is 2.41. The largest absolute Gasteiger partial charge is 0.391 e. The first-order valence-electron chi connectivity index (χ1n) is 6.02. The minimum Gasteiger partial charge on any atom is -0.317 e. The standard InChI is InChI=1S/C11H17F3N4/c1-8-15-16-10(17(8)2)7-18-5-3-9(4-6-18)11(12,13)14/h9H,3-7H2,1-2H3. The summed E-state index contributed by atoms with van der Waals surface area (Å²) in [5, 5.41) is 7.97. The van der Waals surface area contributed by atoms with Crippen molar-refractivity contribution in [2.24, 2.45) is 13.0 Å². The van der Waals surface area contributed by atoms with E-state index in [1.807, 2.05) is 23.4 Å². The molecule has 0 saturated carbocycles. The predicted octanol–water partition coefficient (Wildman–Crippen LogP) is 1.90. The molecule has 2 rings (SSSR count). The molecule has 1 aromatic rings. The van der Waals surface area contributed by atoms with Gasteiger partial charge in [-0.25, -0.2) is 0 Å². The average Bonchev–Trinajstić information content (AvgIpc) is 2.61. The van der Waals surface area contributed by atoms with E-state index < -0.39 is 12.1 Å². The smallest absolute Gasteiger partial charge is 0.317 e. The molecule has 0 spiro atoms. The molecule has 18 heavy (non-hydrogen) atoms. The van der Waals surface area contributed by atoms with Crippen LogP contribution in [0.2, 0.25) is 0 Å². The zero-order valence-electron chi connectivity index (χ0n) is 10.5. The maximum Gasteiger partial charge on any atom is 0.391 e. The number of halogens is 3. The fraction of sp³-hybridized carbons (Fsp3) is 0.818. The van der Waals surface area contributed by atoms with Gasteiger partial charge in [-0.15, -0.1) is 10.2 Å². The van der Waals surface area contributed by atoms with Crippen LogP contribution in [0.4, 0.5) is 13.2 Å². The highest BCUT2D eigenvalue weighted by atomic mass is 19.4. The van der Waals surface area contributed by atoms with E-state index in [9.17, 15) is 13.2 Å². The SMILES string of the molecule is Cc1nnc(CN2CCC(C(F)(F)F)CC2)n1C. The van der Waals surface area contributed by atoms with Crippen molar-refractivity contribution in [1.82, 2.24) is 19.7 Å². The van der Waals surface area contributed by atoms with Gasteiger partial charge in [-0.1, -0.05) is 0 Å². The molecular weight excluding hydrogens is 245 g/mol. The van der Waals surface area contributed by atoms with Gasteiger partial charge in [0.1, 0.15) is 11.6 Å². The number of rotatable bonds is 2. The molecule has 0 unspecified atom stereocenters. The van der Waals surface area contributed by atoms with Crippen molar-refractivity contribution in [3.8, 4) is 0 Å².